The summed E-state index contributed by atoms with van der Waals surface area (Å²) in [6.07, 6.45) is 2.96. The molecule has 0 aliphatic heterocycles. The van der Waals surface area contributed by atoms with Crippen LogP contribution in [0, 0.1) is 0 Å². The maximum Gasteiger partial charge on any atom is 0.303 e. The van der Waals surface area contributed by atoms with E-state index in [9.17, 15) is 4.79 Å². The van der Waals surface area contributed by atoms with Crippen LogP contribution in [0.15, 0.2) is 18.2 Å². The van der Waals surface area contributed by atoms with Gasteiger partial charge in [-0.2, -0.15) is 0 Å². The molecule has 0 amide bonds. The van der Waals surface area contributed by atoms with E-state index in [1.165, 1.54) is 5.56 Å². The molecule has 106 valence electrons. The zero-order chi connectivity index (χ0) is 14.3. The number of aryl methyl sites for hydroxylation is 1. The van der Waals surface area contributed by atoms with Gasteiger partial charge in [0.25, 0.3) is 0 Å². The fourth-order valence-corrected chi connectivity index (χ4v) is 2.35. The van der Waals surface area contributed by atoms with Gasteiger partial charge >= 0.3 is 5.97 Å². The van der Waals surface area contributed by atoms with Crippen LogP contribution >= 0.6 is 0 Å². The summed E-state index contributed by atoms with van der Waals surface area (Å²) in [5.74, 6) is 0.123. The van der Waals surface area contributed by atoms with Crippen molar-refractivity contribution in [3.8, 4) is 5.75 Å². The van der Waals surface area contributed by atoms with Gasteiger partial charge < -0.3 is 9.84 Å². The molecule has 0 fully saturated rings. The van der Waals surface area contributed by atoms with Crippen molar-refractivity contribution in [3.05, 3.63) is 29.3 Å². The maximum absolute atomic E-state index is 11.0. The summed E-state index contributed by atoms with van der Waals surface area (Å²) in [6, 6.07) is 6.13. The molecular formula is C16H24O3. The van der Waals surface area contributed by atoms with Gasteiger partial charge in [0.1, 0.15) is 5.75 Å². The molecule has 0 spiro atoms. The minimum Gasteiger partial charge on any atom is -0.494 e. The lowest BCUT2D eigenvalue weighted by Gasteiger charge is -2.19. The largest absolute Gasteiger partial charge is 0.494 e. The molecule has 1 N–H and O–H groups in total. The molecule has 1 rings (SSSR count). The molecule has 0 aliphatic carbocycles. The Morgan fingerprint density at radius 2 is 2.05 bits per heavy atom. The van der Waals surface area contributed by atoms with E-state index < -0.39 is 5.97 Å². The predicted octanol–water partition coefficient (Wildman–Crippen LogP) is 4.01. The average Bonchev–Trinajstić information content (AvgIpc) is 2.38. The van der Waals surface area contributed by atoms with Crippen molar-refractivity contribution >= 4 is 5.97 Å². The van der Waals surface area contributed by atoms with E-state index in [0.29, 0.717) is 6.61 Å². The SMILES string of the molecule is CCCC(CC(=O)O)c1cc(CC)ccc1OCC. The van der Waals surface area contributed by atoms with E-state index in [1.54, 1.807) is 0 Å². The van der Waals surface area contributed by atoms with Gasteiger partial charge in [0.05, 0.1) is 13.0 Å². The van der Waals surface area contributed by atoms with Crippen molar-refractivity contribution in [2.24, 2.45) is 0 Å². The lowest BCUT2D eigenvalue weighted by molar-refractivity contribution is -0.137. The third kappa shape index (κ3) is 4.58. The first kappa shape index (κ1) is 15.5. The minimum absolute atomic E-state index is 0.0375. The number of rotatable bonds is 8. The van der Waals surface area contributed by atoms with Gasteiger partial charge in [-0.3, -0.25) is 4.79 Å². The first-order chi connectivity index (χ1) is 9.12. The van der Waals surface area contributed by atoms with Gasteiger partial charge in [-0.15, -0.1) is 0 Å². The summed E-state index contributed by atoms with van der Waals surface area (Å²) in [6.45, 7) is 6.73. The van der Waals surface area contributed by atoms with Gasteiger partial charge in [0, 0.05) is 0 Å². The van der Waals surface area contributed by atoms with Gasteiger partial charge in [0.15, 0.2) is 0 Å². The summed E-state index contributed by atoms with van der Waals surface area (Å²) < 4.78 is 5.65. The molecule has 0 saturated heterocycles. The molecule has 1 unspecified atom stereocenters. The van der Waals surface area contributed by atoms with Gasteiger partial charge in [-0.05, 0) is 42.9 Å². The van der Waals surface area contributed by atoms with E-state index in [0.717, 1.165) is 30.6 Å². The Hall–Kier alpha value is -1.51. The molecule has 0 radical (unpaired) electrons. The van der Waals surface area contributed by atoms with Crippen molar-refractivity contribution in [1.82, 2.24) is 0 Å². The Morgan fingerprint density at radius 3 is 2.58 bits per heavy atom. The molecule has 0 aromatic heterocycles. The van der Waals surface area contributed by atoms with Crippen LogP contribution in [0.3, 0.4) is 0 Å². The van der Waals surface area contributed by atoms with E-state index >= 15 is 0 Å². The molecule has 1 atom stereocenters. The number of aliphatic carboxylic acids is 1. The summed E-state index contributed by atoms with van der Waals surface area (Å²) >= 11 is 0. The number of hydrogen-bond donors (Lipinski definition) is 1. The fraction of sp³-hybridized carbons (Fsp3) is 0.562. The monoisotopic (exact) mass is 264 g/mol. The second-order valence-electron chi connectivity index (χ2n) is 4.74. The average molecular weight is 264 g/mol. The molecule has 3 nitrogen and oxygen atoms in total. The molecule has 3 heteroatoms. The van der Waals surface area contributed by atoms with Crippen LogP contribution in [0.25, 0.3) is 0 Å². The van der Waals surface area contributed by atoms with Crippen molar-refractivity contribution in [3.63, 3.8) is 0 Å². The van der Waals surface area contributed by atoms with Crippen LogP contribution in [-0.4, -0.2) is 17.7 Å². The third-order valence-corrected chi connectivity index (χ3v) is 3.28. The molecule has 1 aromatic carbocycles. The zero-order valence-corrected chi connectivity index (χ0v) is 12.1. The van der Waals surface area contributed by atoms with Gasteiger partial charge in [0.2, 0.25) is 0 Å². The van der Waals surface area contributed by atoms with Crippen LogP contribution in [0.4, 0.5) is 0 Å². The lowest BCUT2D eigenvalue weighted by atomic mass is 9.89. The molecule has 0 aliphatic rings. The highest BCUT2D eigenvalue weighted by Crippen LogP contribution is 2.33. The molecule has 0 bridgehead atoms. The zero-order valence-electron chi connectivity index (χ0n) is 12.1. The van der Waals surface area contributed by atoms with Gasteiger partial charge in [-0.25, -0.2) is 0 Å². The van der Waals surface area contributed by atoms with Crippen LogP contribution in [0.1, 0.15) is 57.1 Å². The molecule has 1 aromatic rings. The van der Waals surface area contributed by atoms with E-state index in [-0.39, 0.29) is 12.3 Å². The highest BCUT2D eigenvalue weighted by atomic mass is 16.5. The number of carbonyl (C=O) groups is 1. The summed E-state index contributed by atoms with van der Waals surface area (Å²) in [5.41, 5.74) is 2.27. The van der Waals surface area contributed by atoms with Crippen molar-refractivity contribution in [2.75, 3.05) is 6.61 Å². The standard InChI is InChI=1S/C16H24O3/c1-4-7-13(11-16(17)18)14-10-12(5-2)8-9-15(14)19-6-3/h8-10,13H,4-7,11H2,1-3H3,(H,17,18). The number of ether oxygens (including phenoxy) is 1. The first-order valence-electron chi connectivity index (χ1n) is 7.09. The van der Waals surface area contributed by atoms with Crippen LogP contribution in [-0.2, 0) is 11.2 Å². The predicted molar refractivity (Wildman–Crippen MR) is 76.9 cm³/mol. The topological polar surface area (TPSA) is 46.5 Å². The second kappa shape index (κ2) is 7.82. The Morgan fingerprint density at radius 1 is 1.32 bits per heavy atom. The number of hydrogen-bond acceptors (Lipinski definition) is 2. The summed E-state index contributed by atoms with van der Waals surface area (Å²) in [5, 5.41) is 9.08. The molecule has 19 heavy (non-hydrogen) atoms. The van der Waals surface area contributed by atoms with Crippen LogP contribution in [0.2, 0.25) is 0 Å². The van der Waals surface area contributed by atoms with Crippen molar-refractivity contribution in [2.45, 2.75) is 52.4 Å². The fourth-order valence-electron chi connectivity index (χ4n) is 2.35. The Labute approximate surface area is 115 Å². The van der Waals surface area contributed by atoms with E-state index in [1.807, 2.05) is 13.0 Å². The highest BCUT2D eigenvalue weighted by Gasteiger charge is 2.19. The number of carboxylic acid groups (broad SMARTS) is 1. The third-order valence-electron chi connectivity index (χ3n) is 3.28. The molecular weight excluding hydrogens is 240 g/mol. The Kier molecular flexibility index (Phi) is 6.40. The lowest BCUT2D eigenvalue weighted by Crippen LogP contribution is -2.09. The number of benzene rings is 1. The van der Waals surface area contributed by atoms with Crippen LogP contribution < -0.4 is 4.74 Å². The van der Waals surface area contributed by atoms with E-state index in [2.05, 4.69) is 26.0 Å². The maximum atomic E-state index is 11.0. The summed E-state index contributed by atoms with van der Waals surface area (Å²) in [7, 11) is 0. The normalized spacial score (nSPS) is 12.2. The quantitative estimate of drug-likeness (QED) is 0.771. The van der Waals surface area contributed by atoms with Crippen molar-refractivity contribution in [1.29, 1.82) is 0 Å². The molecule has 0 heterocycles. The number of carboxylic acids is 1. The van der Waals surface area contributed by atoms with E-state index in [4.69, 9.17) is 9.84 Å². The first-order valence-corrected chi connectivity index (χ1v) is 7.09. The second-order valence-corrected chi connectivity index (χ2v) is 4.74. The summed E-state index contributed by atoms with van der Waals surface area (Å²) in [4.78, 5) is 11.0. The van der Waals surface area contributed by atoms with Crippen molar-refractivity contribution < 1.29 is 14.6 Å². The Balaban J connectivity index is 3.11. The van der Waals surface area contributed by atoms with Gasteiger partial charge in [-0.1, -0.05) is 32.4 Å². The highest BCUT2D eigenvalue weighted by molar-refractivity contribution is 5.68. The van der Waals surface area contributed by atoms with Crippen LogP contribution in [0.5, 0.6) is 5.75 Å². The Bertz CT molecular complexity index is 412. The minimum atomic E-state index is -0.747. The molecule has 0 saturated carbocycles. The smallest absolute Gasteiger partial charge is 0.303 e.